The van der Waals surface area contributed by atoms with E-state index in [1.807, 2.05) is 6.07 Å². The number of nitrogens with one attached hydrogen (secondary N) is 2. The highest BCUT2D eigenvalue weighted by Gasteiger charge is 2.34. The van der Waals surface area contributed by atoms with Crippen molar-refractivity contribution in [3.05, 3.63) is 29.3 Å². The Bertz CT molecular complexity index is 602. The number of benzene rings is 1. The molecule has 0 aromatic heterocycles. The number of hydrogen-bond acceptors (Lipinski definition) is 4. The summed E-state index contributed by atoms with van der Waals surface area (Å²) < 4.78 is 11.0. The van der Waals surface area contributed by atoms with Crippen molar-refractivity contribution in [3.63, 3.8) is 0 Å². The molecule has 1 saturated heterocycles. The van der Waals surface area contributed by atoms with Gasteiger partial charge in [-0.3, -0.25) is 0 Å². The highest BCUT2D eigenvalue weighted by molar-refractivity contribution is 14.0. The van der Waals surface area contributed by atoms with Crippen LogP contribution in [0.2, 0.25) is 0 Å². The third-order valence-corrected chi connectivity index (χ3v) is 5.15. The molecule has 0 atom stereocenters. The van der Waals surface area contributed by atoms with Crippen molar-refractivity contribution >= 4 is 29.9 Å². The van der Waals surface area contributed by atoms with Crippen LogP contribution in [-0.2, 0) is 11.3 Å². The molecule has 6 nitrogen and oxygen atoms in total. The SMILES string of the molecule is CCNC(=NCc1ccc(C)cc1OC)NCC1(N(C)C)CCOCC1.I. The number of nitrogens with zero attached hydrogens (tertiary/aromatic N) is 2. The minimum absolute atomic E-state index is 0. The molecule has 0 amide bonds. The van der Waals surface area contributed by atoms with Crippen LogP contribution in [-0.4, -0.2) is 63.9 Å². The Balaban J connectivity index is 0.00000364. The number of guanidine groups is 1. The maximum absolute atomic E-state index is 5.56. The second kappa shape index (κ2) is 11.7. The molecule has 0 spiro atoms. The summed E-state index contributed by atoms with van der Waals surface area (Å²) in [6.07, 6.45) is 2.05. The minimum atomic E-state index is 0. The largest absolute Gasteiger partial charge is 0.496 e. The van der Waals surface area contributed by atoms with E-state index >= 15 is 0 Å². The number of aliphatic imine (C=N–C) groups is 1. The lowest BCUT2D eigenvalue weighted by Gasteiger charge is -2.43. The van der Waals surface area contributed by atoms with E-state index in [9.17, 15) is 0 Å². The van der Waals surface area contributed by atoms with Gasteiger partial charge in [0.15, 0.2) is 5.96 Å². The van der Waals surface area contributed by atoms with Crippen molar-refractivity contribution in [2.24, 2.45) is 4.99 Å². The molecule has 0 unspecified atom stereocenters. The molecule has 7 heteroatoms. The summed E-state index contributed by atoms with van der Waals surface area (Å²) in [5.74, 6) is 1.72. The Labute approximate surface area is 181 Å². The van der Waals surface area contributed by atoms with Crippen molar-refractivity contribution in [1.82, 2.24) is 15.5 Å². The van der Waals surface area contributed by atoms with Crippen LogP contribution in [0.25, 0.3) is 0 Å². The maximum atomic E-state index is 5.56. The average Bonchev–Trinajstić information content (AvgIpc) is 2.65. The first kappa shape index (κ1) is 24.0. The fourth-order valence-electron chi connectivity index (χ4n) is 3.27. The number of ether oxygens (including phenoxy) is 2. The van der Waals surface area contributed by atoms with E-state index in [4.69, 9.17) is 14.5 Å². The molecule has 27 heavy (non-hydrogen) atoms. The summed E-state index contributed by atoms with van der Waals surface area (Å²) in [6, 6.07) is 6.23. The van der Waals surface area contributed by atoms with Crippen molar-refractivity contribution in [2.75, 3.05) is 47.5 Å². The molecule has 2 rings (SSSR count). The minimum Gasteiger partial charge on any atom is -0.496 e. The first-order valence-electron chi connectivity index (χ1n) is 9.41. The summed E-state index contributed by atoms with van der Waals surface area (Å²) in [5, 5.41) is 6.88. The lowest BCUT2D eigenvalue weighted by atomic mass is 9.88. The number of methoxy groups -OCH3 is 1. The van der Waals surface area contributed by atoms with E-state index in [0.29, 0.717) is 6.54 Å². The summed E-state index contributed by atoms with van der Waals surface area (Å²) in [4.78, 5) is 7.08. The first-order valence-corrected chi connectivity index (χ1v) is 9.41. The second-order valence-corrected chi connectivity index (χ2v) is 7.10. The molecule has 1 heterocycles. The molecule has 1 aromatic carbocycles. The van der Waals surface area contributed by atoms with E-state index in [0.717, 1.165) is 56.4 Å². The van der Waals surface area contributed by atoms with Crippen LogP contribution >= 0.6 is 24.0 Å². The predicted molar refractivity (Wildman–Crippen MR) is 122 cm³/mol. The van der Waals surface area contributed by atoms with Crippen LogP contribution in [0.4, 0.5) is 0 Å². The smallest absolute Gasteiger partial charge is 0.191 e. The van der Waals surface area contributed by atoms with Crippen molar-refractivity contribution < 1.29 is 9.47 Å². The molecular weight excluding hydrogens is 455 g/mol. The van der Waals surface area contributed by atoms with Gasteiger partial charge in [-0.15, -0.1) is 24.0 Å². The van der Waals surface area contributed by atoms with E-state index in [2.05, 4.69) is 55.6 Å². The van der Waals surface area contributed by atoms with Crippen molar-refractivity contribution in [1.29, 1.82) is 0 Å². The van der Waals surface area contributed by atoms with Crippen molar-refractivity contribution in [2.45, 2.75) is 38.8 Å². The summed E-state index contributed by atoms with van der Waals surface area (Å²) >= 11 is 0. The second-order valence-electron chi connectivity index (χ2n) is 7.10. The van der Waals surface area contributed by atoms with Gasteiger partial charge in [-0.1, -0.05) is 12.1 Å². The predicted octanol–water partition coefficient (Wildman–Crippen LogP) is 2.79. The molecule has 0 saturated carbocycles. The molecule has 0 bridgehead atoms. The molecular formula is C20H35IN4O2. The highest BCUT2D eigenvalue weighted by Crippen LogP contribution is 2.25. The van der Waals surface area contributed by atoms with Gasteiger partial charge in [0, 0.05) is 37.4 Å². The fourth-order valence-corrected chi connectivity index (χ4v) is 3.27. The van der Waals surface area contributed by atoms with Gasteiger partial charge in [0.2, 0.25) is 0 Å². The van der Waals surface area contributed by atoms with Gasteiger partial charge in [0.25, 0.3) is 0 Å². The fraction of sp³-hybridized carbons (Fsp3) is 0.650. The highest BCUT2D eigenvalue weighted by atomic mass is 127. The average molecular weight is 490 g/mol. The molecule has 1 fully saturated rings. The Morgan fingerprint density at radius 3 is 2.56 bits per heavy atom. The monoisotopic (exact) mass is 490 g/mol. The zero-order chi connectivity index (χ0) is 19.0. The van der Waals surface area contributed by atoms with Crippen LogP contribution in [0.3, 0.4) is 0 Å². The lowest BCUT2D eigenvalue weighted by molar-refractivity contribution is -0.00501. The van der Waals surface area contributed by atoms with Crippen LogP contribution in [0, 0.1) is 6.92 Å². The summed E-state index contributed by atoms with van der Waals surface area (Å²) in [5.41, 5.74) is 2.38. The van der Waals surface area contributed by atoms with E-state index in [1.165, 1.54) is 5.56 Å². The number of halogens is 1. The molecule has 1 aliphatic heterocycles. The van der Waals surface area contributed by atoms with Crippen LogP contribution in [0.15, 0.2) is 23.2 Å². The van der Waals surface area contributed by atoms with Crippen LogP contribution < -0.4 is 15.4 Å². The summed E-state index contributed by atoms with van der Waals surface area (Å²) in [7, 11) is 6.00. The van der Waals surface area contributed by atoms with E-state index < -0.39 is 0 Å². The molecule has 1 aliphatic rings. The topological polar surface area (TPSA) is 58.1 Å². The van der Waals surface area contributed by atoms with Gasteiger partial charge >= 0.3 is 0 Å². The molecule has 2 N–H and O–H groups in total. The number of rotatable bonds is 7. The maximum Gasteiger partial charge on any atom is 0.191 e. The number of likely N-dealkylation sites (N-methyl/N-ethyl adjacent to an activating group) is 1. The van der Waals surface area contributed by atoms with Gasteiger partial charge in [-0.2, -0.15) is 0 Å². The van der Waals surface area contributed by atoms with Crippen LogP contribution in [0.5, 0.6) is 5.75 Å². The van der Waals surface area contributed by atoms with Gasteiger partial charge in [-0.25, -0.2) is 4.99 Å². The van der Waals surface area contributed by atoms with E-state index in [1.54, 1.807) is 7.11 Å². The standard InChI is InChI=1S/C20H34N4O2.HI/c1-6-21-19(22-14-17-8-7-16(2)13-18(17)25-5)23-15-20(24(3)4)9-11-26-12-10-20;/h7-8,13H,6,9-12,14-15H2,1-5H3,(H2,21,22,23);1H. The quantitative estimate of drug-likeness (QED) is 0.350. The van der Waals surface area contributed by atoms with Gasteiger partial charge in [0.05, 0.1) is 13.7 Å². The Kier molecular flexibility index (Phi) is 10.4. The third kappa shape index (κ3) is 6.80. The Morgan fingerprint density at radius 1 is 1.26 bits per heavy atom. The van der Waals surface area contributed by atoms with Crippen molar-refractivity contribution in [3.8, 4) is 5.75 Å². The van der Waals surface area contributed by atoms with Gasteiger partial charge in [-0.05, 0) is 52.4 Å². The van der Waals surface area contributed by atoms with Gasteiger partial charge < -0.3 is 25.0 Å². The normalized spacial score (nSPS) is 16.6. The Hall–Kier alpha value is -1.06. The molecule has 154 valence electrons. The number of aryl methyl sites for hydroxylation is 1. The molecule has 1 aromatic rings. The van der Waals surface area contributed by atoms with Gasteiger partial charge in [0.1, 0.15) is 5.75 Å². The Morgan fingerprint density at radius 2 is 1.96 bits per heavy atom. The lowest BCUT2D eigenvalue weighted by Crippen LogP contribution is -2.57. The van der Waals surface area contributed by atoms with Crippen LogP contribution in [0.1, 0.15) is 30.9 Å². The zero-order valence-corrected chi connectivity index (χ0v) is 19.6. The third-order valence-electron chi connectivity index (χ3n) is 5.15. The molecule has 0 aliphatic carbocycles. The van der Waals surface area contributed by atoms with E-state index in [-0.39, 0.29) is 29.5 Å². The zero-order valence-electron chi connectivity index (χ0n) is 17.3. The summed E-state index contributed by atoms with van der Waals surface area (Å²) in [6.45, 7) is 8.03. The first-order chi connectivity index (χ1) is 12.5. The number of hydrogen-bond donors (Lipinski definition) is 2. The molecule has 0 radical (unpaired) electrons.